The zero-order valence-electron chi connectivity index (χ0n) is 21.7. The minimum absolute atomic E-state index is 0.0373. The van der Waals surface area contributed by atoms with Crippen LogP contribution in [0.2, 0.25) is 5.02 Å². The molecule has 2 fully saturated rings. The van der Waals surface area contributed by atoms with Crippen molar-refractivity contribution in [3.8, 4) is 0 Å². The lowest BCUT2D eigenvalue weighted by Crippen LogP contribution is -2.51. The van der Waals surface area contributed by atoms with Gasteiger partial charge >= 0.3 is 12.1 Å². The van der Waals surface area contributed by atoms with E-state index in [4.69, 9.17) is 11.6 Å². The Morgan fingerprint density at radius 1 is 1.00 bits per heavy atom. The van der Waals surface area contributed by atoms with Gasteiger partial charge in [0.25, 0.3) is 0 Å². The predicted molar refractivity (Wildman–Crippen MR) is 139 cm³/mol. The maximum atomic E-state index is 14.9. The Bertz CT molecular complexity index is 1250. The van der Waals surface area contributed by atoms with Crippen molar-refractivity contribution in [3.63, 3.8) is 0 Å². The van der Waals surface area contributed by atoms with Crippen molar-refractivity contribution in [3.05, 3.63) is 69.7 Å². The number of carboxylic acids is 1. The largest absolute Gasteiger partial charge is 0.481 e. The zero-order chi connectivity index (χ0) is 28.2. The van der Waals surface area contributed by atoms with E-state index in [9.17, 15) is 32.3 Å². The number of aryl methyl sites for hydroxylation is 1. The number of alkyl halides is 4. The summed E-state index contributed by atoms with van der Waals surface area (Å²) in [6.07, 6.45) is -0.784. The number of carbonyl (C=O) groups excluding carboxylic acids is 1. The molecule has 39 heavy (non-hydrogen) atoms. The monoisotopic (exact) mass is 565 g/mol. The van der Waals surface area contributed by atoms with E-state index in [1.807, 2.05) is 17.0 Å². The van der Waals surface area contributed by atoms with Crippen LogP contribution in [0.5, 0.6) is 0 Å². The van der Waals surface area contributed by atoms with Crippen LogP contribution in [0.15, 0.2) is 42.5 Å². The van der Waals surface area contributed by atoms with Crippen molar-refractivity contribution in [2.75, 3.05) is 6.54 Å². The summed E-state index contributed by atoms with van der Waals surface area (Å²) in [5.74, 6) is -1.42. The van der Waals surface area contributed by atoms with Crippen molar-refractivity contribution in [2.24, 2.45) is 11.8 Å². The van der Waals surface area contributed by atoms with E-state index in [2.05, 4.69) is 0 Å². The third-order valence-corrected chi connectivity index (χ3v) is 9.61. The summed E-state index contributed by atoms with van der Waals surface area (Å²) < 4.78 is 55.3. The molecule has 0 bridgehead atoms. The van der Waals surface area contributed by atoms with Crippen molar-refractivity contribution in [1.29, 1.82) is 0 Å². The summed E-state index contributed by atoms with van der Waals surface area (Å²) in [4.78, 5) is 27.1. The van der Waals surface area contributed by atoms with E-state index >= 15 is 0 Å². The molecule has 5 rings (SSSR count). The van der Waals surface area contributed by atoms with Crippen LogP contribution in [0.4, 0.5) is 17.6 Å². The van der Waals surface area contributed by atoms with Crippen LogP contribution in [0.25, 0.3) is 0 Å². The number of hydrogen-bond acceptors (Lipinski definition) is 2. The van der Waals surface area contributed by atoms with Crippen LogP contribution in [0.3, 0.4) is 0 Å². The first-order valence-corrected chi connectivity index (χ1v) is 13.9. The molecule has 3 aliphatic rings. The van der Waals surface area contributed by atoms with E-state index in [1.165, 1.54) is 12.1 Å². The predicted octanol–water partition coefficient (Wildman–Crippen LogP) is 7.01. The summed E-state index contributed by atoms with van der Waals surface area (Å²) >= 11 is 6.11. The van der Waals surface area contributed by atoms with E-state index in [1.54, 1.807) is 18.2 Å². The highest BCUT2D eigenvalue weighted by atomic mass is 35.5. The molecule has 2 aromatic carbocycles. The molecule has 1 amide bonds. The van der Waals surface area contributed by atoms with Gasteiger partial charge < -0.3 is 10.0 Å². The first-order chi connectivity index (χ1) is 18.3. The lowest BCUT2D eigenvalue weighted by molar-refractivity contribution is -0.228. The molecule has 4 nitrogen and oxygen atoms in total. The quantitative estimate of drug-likeness (QED) is 0.397. The number of aliphatic carboxylic acids is 1. The second kappa shape index (κ2) is 10.1. The molecule has 9 heteroatoms. The SMILES string of the molecule is CC(F)(c1ccc2c(c1)CCC1N(C(=O)[C@H]3CC[C@H](C(=O)O)CC3)CCC21Cc1ccc(Cl)cc1)C(F)(F)F. The van der Waals surface area contributed by atoms with E-state index in [0.29, 0.717) is 75.4 Å². The molecule has 1 heterocycles. The van der Waals surface area contributed by atoms with Gasteiger partial charge in [0.1, 0.15) is 0 Å². The molecule has 2 aromatic rings. The van der Waals surface area contributed by atoms with Crippen molar-refractivity contribution < 1.29 is 32.3 Å². The molecule has 1 N–H and O–H groups in total. The maximum Gasteiger partial charge on any atom is 0.426 e. The van der Waals surface area contributed by atoms with E-state index in [0.717, 1.165) is 11.1 Å². The van der Waals surface area contributed by atoms with Crippen LogP contribution in [0, 0.1) is 11.8 Å². The van der Waals surface area contributed by atoms with Crippen LogP contribution < -0.4 is 0 Å². The Kier molecular flexibility index (Phi) is 7.23. The third-order valence-electron chi connectivity index (χ3n) is 9.36. The Balaban J connectivity index is 1.49. The highest BCUT2D eigenvalue weighted by Crippen LogP contribution is 2.51. The number of carboxylic acid groups (broad SMARTS) is 1. The van der Waals surface area contributed by atoms with Crippen molar-refractivity contribution >= 4 is 23.5 Å². The number of hydrogen-bond donors (Lipinski definition) is 1. The highest BCUT2D eigenvalue weighted by molar-refractivity contribution is 6.30. The van der Waals surface area contributed by atoms with Gasteiger partial charge in [0.2, 0.25) is 11.6 Å². The van der Waals surface area contributed by atoms with Crippen molar-refractivity contribution in [1.82, 2.24) is 4.90 Å². The van der Waals surface area contributed by atoms with Gasteiger partial charge in [0, 0.05) is 28.9 Å². The van der Waals surface area contributed by atoms with Gasteiger partial charge in [-0.3, -0.25) is 9.59 Å². The molecule has 3 atom stereocenters. The van der Waals surface area contributed by atoms with Gasteiger partial charge in [-0.2, -0.15) is 13.2 Å². The molecule has 3 unspecified atom stereocenters. The molecule has 0 radical (unpaired) electrons. The average molecular weight is 566 g/mol. The smallest absolute Gasteiger partial charge is 0.426 e. The number of likely N-dealkylation sites (tertiary alicyclic amines) is 1. The minimum Gasteiger partial charge on any atom is -0.481 e. The lowest BCUT2D eigenvalue weighted by Gasteiger charge is -2.45. The second-order valence-electron chi connectivity index (χ2n) is 11.6. The van der Waals surface area contributed by atoms with Gasteiger partial charge in [-0.05, 0) is 92.7 Å². The van der Waals surface area contributed by atoms with Gasteiger partial charge in [-0.15, -0.1) is 0 Å². The zero-order valence-corrected chi connectivity index (χ0v) is 22.5. The molecule has 1 saturated carbocycles. The fraction of sp³-hybridized carbons (Fsp3) is 0.533. The molecule has 1 saturated heterocycles. The number of benzene rings is 2. The van der Waals surface area contributed by atoms with E-state index in [-0.39, 0.29) is 17.9 Å². The molecule has 1 aliphatic heterocycles. The number of halogens is 5. The number of carbonyl (C=O) groups is 2. The summed E-state index contributed by atoms with van der Waals surface area (Å²) in [5.41, 5.74) is -1.83. The number of fused-ring (bicyclic) bond motifs is 3. The van der Waals surface area contributed by atoms with Crippen LogP contribution in [-0.2, 0) is 33.5 Å². The highest BCUT2D eigenvalue weighted by Gasteiger charge is 2.56. The molecule has 2 aliphatic carbocycles. The summed E-state index contributed by atoms with van der Waals surface area (Å²) in [6, 6.07) is 11.5. The number of amides is 1. The summed E-state index contributed by atoms with van der Waals surface area (Å²) in [7, 11) is 0. The standard InChI is InChI=1S/C30H32ClF4NO3/c1-28(32,30(33,34)35)22-9-12-24-21(16-22)8-13-25-29(24,17-18-2-10-23(31)11-3-18)14-15-36(25)26(37)19-4-6-20(7-5-19)27(38)39/h2-3,9-12,16,19-20,25H,4-8,13-15,17H2,1H3,(H,38,39)/t19-,20-,25?,28?,29?. The van der Waals surface area contributed by atoms with Gasteiger partial charge in [0.05, 0.1) is 5.92 Å². The number of nitrogens with zero attached hydrogens (tertiary/aromatic N) is 1. The molecule has 0 spiro atoms. The molecule has 0 aromatic heterocycles. The fourth-order valence-electron chi connectivity index (χ4n) is 7.07. The Morgan fingerprint density at radius 3 is 2.26 bits per heavy atom. The van der Waals surface area contributed by atoms with Gasteiger partial charge in [0.15, 0.2) is 0 Å². The van der Waals surface area contributed by atoms with Gasteiger partial charge in [-0.1, -0.05) is 41.9 Å². The normalized spacial score (nSPS) is 28.4. The van der Waals surface area contributed by atoms with Gasteiger partial charge in [-0.25, -0.2) is 4.39 Å². The molecular weight excluding hydrogens is 534 g/mol. The first kappa shape index (κ1) is 27.9. The van der Waals surface area contributed by atoms with E-state index < -0.39 is 34.7 Å². The van der Waals surface area contributed by atoms with Crippen LogP contribution in [0.1, 0.15) is 67.7 Å². The Labute approximate surface area is 230 Å². The Morgan fingerprint density at radius 2 is 1.64 bits per heavy atom. The number of rotatable bonds is 5. The summed E-state index contributed by atoms with van der Waals surface area (Å²) in [5, 5.41) is 9.93. The average Bonchev–Trinajstić information content (AvgIpc) is 3.28. The summed E-state index contributed by atoms with van der Waals surface area (Å²) in [6.45, 7) is 1.07. The maximum absolute atomic E-state index is 14.9. The lowest BCUT2D eigenvalue weighted by atomic mass is 9.63. The van der Waals surface area contributed by atoms with Crippen molar-refractivity contribution in [2.45, 2.75) is 81.6 Å². The Hall–Kier alpha value is -2.61. The molecular formula is C30H32ClF4NO3. The molecule has 210 valence electrons. The fourth-order valence-corrected chi connectivity index (χ4v) is 7.20. The first-order valence-electron chi connectivity index (χ1n) is 13.5. The van der Waals surface area contributed by atoms with Crippen LogP contribution in [-0.4, -0.2) is 40.6 Å². The van der Waals surface area contributed by atoms with Crippen LogP contribution >= 0.6 is 11.6 Å². The topological polar surface area (TPSA) is 57.6 Å². The third kappa shape index (κ3) is 4.94. The second-order valence-corrected chi connectivity index (χ2v) is 12.0. The minimum atomic E-state index is -5.03.